The SMILES string of the molecule is CCC(CC(C)c1ccc(O)cc1)c1ccc(OC(C)OCCSc2ccccc2)cc1. The topological polar surface area (TPSA) is 38.7 Å². The molecule has 1 N–H and O–H groups in total. The molecule has 0 aliphatic heterocycles. The maximum Gasteiger partial charge on any atom is 0.197 e. The third kappa shape index (κ3) is 7.61. The van der Waals surface area contributed by atoms with Gasteiger partial charge >= 0.3 is 0 Å². The third-order valence-electron chi connectivity index (χ3n) is 5.69. The van der Waals surface area contributed by atoms with Crippen LogP contribution in [0.15, 0.2) is 83.8 Å². The fraction of sp³-hybridized carbons (Fsp3) is 0.357. The van der Waals surface area contributed by atoms with Crippen LogP contribution in [0.5, 0.6) is 11.5 Å². The number of phenolic OH excluding ortho intramolecular Hbond substituents is 1. The van der Waals surface area contributed by atoms with E-state index in [1.807, 2.05) is 37.3 Å². The number of hydrogen-bond acceptors (Lipinski definition) is 4. The summed E-state index contributed by atoms with van der Waals surface area (Å²) in [6, 6.07) is 26.4. The van der Waals surface area contributed by atoms with Crippen molar-refractivity contribution in [3.63, 3.8) is 0 Å². The van der Waals surface area contributed by atoms with E-state index in [0.29, 0.717) is 24.2 Å². The van der Waals surface area contributed by atoms with Gasteiger partial charge in [0.05, 0.1) is 6.61 Å². The molecule has 0 aliphatic rings. The zero-order valence-electron chi connectivity index (χ0n) is 19.2. The Morgan fingerprint density at radius 3 is 2.16 bits per heavy atom. The summed E-state index contributed by atoms with van der Waals surface area (Å²) in [5, 5.41) is 9.52. The maximum absolute atomic E-state index is 9.52. The molecule has 0 heterocycles. The Hall–Kier alpha value is -2.43. The van der Waals surface area contributed by atoms with Crippen LogP contribution < -0.4 is 4.74 Å². The molecule has 0 saturated heterocycles. The van der Waals surface area contributed by atoms with Crippen molar-refractivity contribution in [1.29, 1.82) is 0 Å². The van der Waals surface area contributed by atoms with Crippen LogP contribution in [0, 0.1) is 0 Å². The summed E-state index contributed by atoms with van der Waals surface area (Å²) in [5.41, 5.74) is 2.59. The highest BCUT2D eigenvalue weighted by Crippen LogP contribution is 2.33. The van der Waals surface area contributed by atoms with E-state index in [-0.39, 0.29) is 6.29 Å². The fourth-order valence-corrected chi connectivity index (χ4v) is 4.60. The lowest BCUT2D eigenvalue weighted by atomic mass is 9.84. The first-order valence-electron chi connectivity index (χ1n) is 11.4. The highest BCUT2D eigenvalue weighted by atomic mass is 32.2. The average Bonchev–Trinajstić information content (AvgIpc) is 2.82. The van der Waals surface area contributed by atoms with Gasteiger partial charge in [0.15, 0.2) is 6.29 Å². The molecule has 0 aliphatic carbocycles. The molecule has 3 aromatic rings. The van der Waals surface area contributed by atoms with Gasteiger partial charge in [-0.2, -0.15) is 0 Å². The summed E-state index contributed by atoms with van der Waals surface area (Å²) in [7, 11) is 0. The molecule has 0 amide bonds. The van der Waals surface area contributed by atoms with Crippen LogP contribution in [-0.2, 0) is 4.74 Å². The van der Waals surface area contributed by atoms with E-state index in [4.69, 9.17) is 9.47 Å². The van der Waals surface area contributed by atoms with E-state index in [1.165, 1.54) is 16.0 Å². The Labute approximate surface area is 196 Å². The summed E-state index contributed by atoms with van der Waals surface area (Å²) in [6.07, 6.45) is 1.87. The summed E-state index contributed by atoms with van der Waals surface area (Å²) in [4.78, 5) is 1.26. The van der Waals surface area contributed by atoms with Gasteiger partial charge in [0.25, 0.3) is 0 Å². The van der Waals surface area contributed by atoms with Crippen LogP contribution >= 0.6 is 11.8 Å². The second-order valence-electron chi connectivity index (χ2n) is 8.12. The van der Waals surface area contributed by atoms with Gasteiger partial charge in [-0.1, -0.05) is 56.3 Å². The molecule has 170 valence electrons. The zero-order valence-corrected chi connectivity index (χ0v) is 20.1. The first-order valence-corrected chi connectivity index (χ1v) is 12.4. The Bertz CT molecular complexity index is 910. The molecular weight excluding hydrogens is 416 g/mol. The van der Waals surface area contributed by atoms with Crippen molar-refractivity contribution in [3.8, 4) is 11.5 Å². The molecule has 0 bridgehead atoms. The van der Waals surface area contributed by atoms with E-state index in [1.54, 1.807) is 23.9 Å². The molecule has 3 nitrogen and oxygen atoms in total. The summed E-state index contributed by atoms with van der Waals surface area (Å²) in [5.74, 6) is 2.96. The van der Waals surface area contributed by atoms with Crippen LogP contribution in [0.3, 0.4) is 0 Å². The van der Waals surface area contributed by atoms with E-state index in [2.05, 4.69) is 50.2 Å². The lowest BCUT2D eigenvalue weighted by Gasteiger charge is -2.21. The van der Waals surface area contributed by atoms with Gasteiger partial charge in [0.2, 0.25) is 0 Å². The second-order valence-corrected chi connectivity index (χ2v) is 9.29. The maximum atomic E-state index is 9.52. The molecule has 0 saturated carbocycles. The minimum atomic E-state index is -0.284. The number of aromatic hydroxyl groups is 1. The van der Waals surface area contributed by atoms with Crippen LogP contribution in [0.1, 0.15) is 56.6 Å². The first kappa shape index (κ1) is 24.2. The van der Waals surface area contributed by atoms with E-state index < -0.39 is 0 Å². The smallest absolute Gasteiger partial charge is 0.197 e. The number of ether oxygens (including phenoxy) is 2. The fourth-order valence-electron chi connectivity index (χ4n) is 3.84. The van der Waals surface area contributed by atoms with Crippen LogP contribution in [0.25, 0.3) is 0 Å². The third-order valence-corrected chi connectivity index (χ3v) is 6.67. The molecule has 0 fully saturated rings. The highest BCUT2D eigenvalue weighted by Gasteiger charge is 2.16. The molecule has 3 rings (SSSR count). The predicted octanol–water partition coefficient (Wildman–Crippen LogP) is 7.61. The summed E-state index contributed by atoms with van der Waals surface area (Å²) in [6.45, 7) is 7.07. The lowest BCUT2D eigenvalue weighted by Crippen LogP contribution is -2.17. The Kier molecular flexibility index (Phi) is 9.51. The average molecular weight is 451 g/mol. The monoisotopic (exact) mass is 450 g/mol. The first-order chi connectivity index (χ1) is 15.5. The van der Waals surface area contributed by atoms with Gasteiger partial charge in [0.1, 0.15) is 11.5 Å². The van der Waals surface area contributed by atoms with Crippen molar-refractivity contribution in [1.82, 2.24) is 0 Å². The molecule has 0 radical (unpaired) electrons. The largest absolute Gasteiger partial charge is 0.508 e. The Balaban J connectivity index is 1.45. The Morgan fingerprint density at radius 2 is 1.50 bits per heavy atom. The Morgan fingerprint density at radius 1 is 0.844 bits per heavy atom. The van der Waals surface area contributed by atoms with Crippen molar-refractivity contribution in [2.75, 3.05) is 12.4 Å². The van der Waals surface area contributed by atoms with Gasteiger partial charge in [-0.15, -0.1) is 11.8 Å². The van der Waals surface area contributed by atoms with Crippen LogP contribution in [0.4, 0.5) is 0 Å². The van der Waals surface area contributed by atoms with Crippen molar-refractivity contribution in [3.05, 3.63) is 90.0 Å². The molecule has 0 spiro atoms. The molecule has 4 heteroatoms. The molecule has 3 unspecified atom stereocenters. The molecule has 3 aromatic carbocycles. The van der Waals surface area contributed by atoms with Crippen LogP contribution in [0.2, 0.25) is 0 Å². The molecule has 3 atom stereocenters. The minimum Gasteiger partial charge on any atom is -0.508 e. The highest BCUT2D eigenvalue weighted by molar-refractivity contribution is 7.99. The van der Waals surface area contributed by atoms with Gasteiger partial charge in [-0.05, 0) is 79.1 Å². The lowest BCUT2D eigenvalue weighted by molar-refractivity contribution is -0.0602. The normalized spacial score (nSPS) is 14.0. The van der Waals surface area contributed by atoms with Crippen molar-refractivity contribution in [2.24, 2.45) is 0 Å². The molecule has 32 heavy (non-hydrogen) atoms. The number of hydrogen-bond donors (Lipinski definition) is 1. The number of rotatable bonds is 12. The standard InChI is InChI=1S/C28H34O3S/c1-4-23(20-21(2)24-10-14-26(29)15-11-24)25-12-16-27(17-13-25)31-22(3)30-18-19-32-28-8-6-5-7-9-28/h5-17,21-23,29H,4,18-20H2,1-3H3. The van der Waals surface area contributed by atoms with Gasteiger partial charge in [-0.25, -0.2) is 0 Å². The van der Waals surface area contributed by atoms with Crippen LogP contribution in [-0.4, -0.2) is 23.8 Å². The summed E-state index contributed by atoms with van der Waals surface area (Å²) >= 11 is 1.79. The number of benzene rings is 3. The number of phenols is 1. The predicted molar refractivity (Wildman–Crippen MR) is 134 cm³/mol. The minimum absolute atomic E-state index is 0.284. The van der Waals surface area contributed by atoms with E-state index in [9.17, 15) is 5.11 Å². The van der Waals surface area contributed by atoms with E-state index in [0.717, 1.165) is 24.3 Å². The summed E-state index contributed by atoms with van der Waals surface area (Å²) < 4.78 is 11.8. The van der Waals surface area contributed by atoms with Gasteiger partial charge < -0.3 is 14.6 Å². The van der Waals surface area contributed by atoms with E-state index >= 15 is 0 Å². The van der Waals surface area contributed by atoms with Crippen molar-refractivity contribution < 1.29 is 14.6 Å². The zero-order chi connectivity index (χ0) is 22.8. The quantitative estimate of drug-likeness (QED) is 0.175. The number of thioether (sulfide) groups is 1. The molecule has 0 aromatic heterocycles. The second kappa shape index (κ2) is 12.6. The van der Waals surface area contributed by atoms with Crippen molar-refractivity contribution >= 4 is 11.8 Å². The van der Waals surface area contributed by atoms with Gasteiger partial charge in [-0.3, -0.25) is 0 Å². The molecular formula is C28H34O3S. The van der Waals surface area contributed by atoms with Crippen molar-refractivity contribution in [2.45, 2.75) is 56.6 Å². The van der Waals surface area contributed by atoms with Gasteiger partial charge in [0, 0.05) is 10.6 Å².